The Labute approximate surface area is 138 Å². The molecular weight excluding hydrogens is 311 g/mol. The first-order valence-electron chi connectivity index (χ1n) is 6.98. The van der Waals surface area contributed by atoms with E-state index >= 15 is 0 Å². The van der Waals surface area contributed by atoms with Gasteiger partial charge in [0, 0.05) is 0 Å². The van der Waals surface area contributed by atoms with Gasteiger partial charge < -0.3 is 14.8 Å². The number of nitriles is 1. The third-order valence-corrected chi connectivity index (χ3v) is 3.21. The Bertz CT molecular complexity index is 825. The van der Waals surface area contributed by atoms with E-state index in [1.165, 1.54) is 38.5 Å². The zero-order valence-electron chi connectivity index (χ0n) is 13.2. The summed E-state index contributed by atoms with van der Waals surface area (Å²) >= 11 is 0. The Morgan fingerprint density at radius 3 is 2.50 bits per heavy atom. The Morgan fingerprint density at radius 1 is 1.17 bits per heavy atom. The molecule has 0 radical (unpaired) electrons. The molecule has 0 fully saturated rings. The summed E-state index contributed by atoms with van der Waals surface area (Å²) in [5.41, 5.74) is 0.425. The van der Waals surface area contributed by atoms with Crippen LogP contribution >= 0.6 is 0 Å². The smallest absolute Gasteiger partial charge is 0.266 e. The van der Waals surface area contributed by atoms with Gasteiger partial charge >= 0.3 is 0 Å². The van der Waals surface area contributed by atoms with Crippen LogP contribution in [0, 0.1) is 17.1 Å². The number of para-hydroxylation sites is 1. The van der Waals surface area contributed by atoms with E-state index in [2.05, 4.69) is 5.32 Å². The van der Waals surface area contributed by atoms with Gasteiger partial charge in [-0.1, -0.05) is 18.2 Å². The van der Waals surface area contributed by atoms with E-state index in [1.807, 2.05) is 6.07 Å². The Balaban J connectivity index is 2.27. The number of hydrogen-bond donors (Lipinski definition) is 1. The number of carbonyl (C=O) groups excluding carboxylic acids is 1. The molecule has 0 bridgehead atoms. The van der Waals surface area contributed by atoms with Crippen molar-refractivity contribution in [3.05, 3.63) is 59.4 Å². The molecule has 0 saturated heterocycles. The third kappa shape index (κ3) is 3.90. The lowest BCUT2D eigenvalue weighted by Gasteiger charge is -2.08. The summed E-state index contributed by atoms with van der Waals surface area (Å²) < 4.78 is 23.9. The van der Waals surface area contributed by atoms with Crippen LogP contribution in [0.3, 0.4) is 0 Å². The molecule has 0 aromatic heterocycles. The summed E-state index contributed by atoms with van der Waals surface area (Å²) in [6.07, 6.45) is 1.39. The first-order valence-corrected chi connectivity index (χ1v) is 6.98. The van der Waals surface area contributed by atoms with Crippen LogP contribution in [0.25, 0.3) is 6.08 Å². The fourth-order valence-corrected chi connectivity index (χ4v) is 2.01. The van der Waals surface area contributed by atoms with Gasteiger partial charge in [-0.3, -0.25) is 4.79 Å². The van der Waals surface area contributed by atoms with E-state index in [1.54, 1.807) is 24.3 Å². The molecule has 2 rings (SSSR count). The zero-order valence-corrected chi connectivity index (χ0v) is 13.2. The highest BCUT2D eigenvalue weighted by Crippen LogP contribution is 2.28. The molecule has 0 saturated carbocycles. The fourth-order valence-electron chi connectivity index (χ4n) is 2.01. The van der Waals surface area contributed by atoms with Crippen molar-refractivity contribution in [2.45, 2.75) is 0 Å². The minimum Gasteiger partial charge on any atom is -0.493 e. The van der Waals surface area contributed by atoms with Crippen LogP contribution in [0.5, 0.6) is 11.5 Å². The predicted molar refractivity (Wildman–Crippen MR) is 88.2 cm³/mol. The number of rotatable bonds is 5. The number of amides is 1. The van der Waals surface area contributed by atoms with Crippen molar-refractivity contribution >= 4 is 17.7 Å². The van der Waals surface area contributed by atoms with Gasteiger partial charge in [-0.25, -0.2) is 4.39 Å². The van der Waals surface area contributed by atoms with Gasteiger partial charge in [-0.15, -0.1) is 0 Å². The number of benzene rings is 2. The maximum atomic E-state index is 13.6. The number of methoxy groups -OCH3 is 2. The molecule has 0 aliphatic heterocycles. The van der Waals surface area contributed by atoms with Gasteiger partial charge in [-0.2, -0.15) is 5.26 Å². The number of nitrogens with one attached hydrogen (secondary N) is 1. The number of ether oxygens (including phenoxy) is 2. The maximum Gasteiger partial charge on any atom is 0.266 e. The quantitative estimate of drug-likeness (QED) is 0.675. The average molecular weight is 326 g/mol. The molecule has 5 nitrogen and oxygen atoms in total. The number of halogens is 1. The molecule has 1 N–H and O–H groups in total. The van der Waals surface area contributed by atoms with Crippen LogP contribution in [0.4, 0.5) is 10.1 Å². The lowest BCUT2D eigenvalue weighted by molar-refractivity contribution is -0.112. The third-order valence-electron chi connectivity index (χ3n) is 3.21. The fraction of sp³-hybridized carbons (Fsp3) is 0.111. The van der Waals surface area contributed by atoms with E-state index < -0.39 is 11.7 Å². The van der Waals surface area contributed by atoms with Crippen molar-refractivity contribution < 1.29 is 18.7 Å². The molecule has 2 aromatic rings. The van der Waals surface area contributed by atoms with Gasteiger partial charge in [-0.05, 0) is 35.9 Å². The van der Waals surface area contributed by atoms with Gasteiger partial charge in [0.1, 0.15) is 17.5 Å². The van der Waals surface area contributed by atoms with Crippen LogP contribution < -0.4 is 14.8 Å². The number of anilines is 1. The van der Waals surface area contributed by atoms with E-state index in [0.717, 1.165) is 0 Å². The van der Waals surface area contributed by atoms with Crippen molar-refractivity contribution in [1.82, 2.24) is 0 Å². The SMILES string of the molecule is COc1ccc(C=C(C#N)C(=O)Nc2ccccc2F)cc1OC. The Kier molecular flexibility index (Phi) is 5.53. The molecule has 0 spiro atoms. The van der Waals surface area contributed by atoms with Crippen LogP contribution in [0.1, 0.15) is 5.56 Å². The lowest BCUT2D eigenvalue weighted by Crippen LogP contribution is -2.14. The van der Waals surface area contributed by atoms with Crippen LogP contribution in [-0.2, 0) is 4.79 Å². The van der Waals surface area contributed by atoms with Crippen LogP contribution in [-0.4, -0.2) is 20.1 Å². The number of hydrogen-bond acceptors (Lipinski definition) is 4. The van der Waals surface area contributed by atoms with E-state index in [-0.39, 0.29) is 11.3 Å². The Hall–Kier alpha value is -3.33. The Morgan fingerprint density at radius 2 is 1.88 bits per heavy atom. The molecule has 0 aliphatic rings. The van der Waals surface area contributed by atoms with Crippen molar-refractivity contribution in [2.75, 3.05) is 19.5 Å². The number of carbonyl (C=O) groups is 1. The zero-order chi connectivity index (χ0) is 17.5. The topological polar surface area (TPSA) is 71.3 Å². The molecular formula is C18H15FN2O3. The van der Waals surface area contributed by atoms with E-state index in [0.29, 0.717) is 17.1 Å². The highest BCUT2D eigenvalue weighted by molar-refractivity contribution is 6.09. The summed E-state index contributed by atoms with van der Waals surface area (Å²) in [7, 11) is 3.00. The first kappa shape index (κ1) is 17.0. The highest BCUT2D eigenvalue weighted by atomic mass is 19.1. The van der Waals surface area contributed by atoms with Gasteiger partial charge in [0.05, 0.1) is 19.9 Å². The van der Waals surface area contributed by atoms with Crippen LogP contribution in [0.15, 0.2) is 48.0 Å². The molecule has 0 unspecified atom stereocenters. The summed E-state index contributed by atoms with van der Waals surface area (Å²) in [5.74, 6) is -0.270. The second-order valence-electron chi connectivity index (χ2n) is 4.72. The summed E-state index contributed by atoms with van der Waals surface area (Å²) in [6.45, 7) is 0. The van der Waals surface area contributed by atoms with Gasteiger partial charge in [0.15, 0.2) is 11.5 Å². The highest BCUT2D eigenvalue weighted by Gasteiger charge is 2.12. The van der Waals surface area contributed by atoms with Crippen LogP contribution in [0.2, 0.25) is 0 Å². The summed E-state index contributed by atoms with van der Waals surface area (Å²) in [4.78, 5) is 12.2. The number of nitrogens with zero attached hydrogens (tertiary/aromatic N) is 1. The van der Waals surface area contributed by atoms with Gasteiger partial charge in [0.2, 0.25) is 0 Å². The van der Waals surface area contributed by atoms with Crippen molar-refractivity contribution in [1.29, 1.82) is 5.26 Å². The molecule has 24 heavy (non-hydrogen) atoms. The van der Waals surface area contributed by atoms with Crippen molar-refractivity contribution in [3.63, 3.8) is 0 Å². The van der Waals surface area contributed by atoms with E-state index in [9.17, 15) is 14.4 Å². The molecule has 1 amide bonds. The summed E-state index contributed by atoms with van der Waals surface area (Å²) in [6, 6.07) is 12.5. The summed E-state index contributed by atoms with van der Waals surface area (Å²) in [5, 5.41) is 11.6. The first-order chi connectivity index (χ1) is 11.6. The van der Waals surface area contributed by atoms with Crippen molar-refractivity contribution in [2.24, 2.45) is 0 Å². The van der Waals surface area contributed by atoms with Gasteiger partial charge in [0.25, 0.3) is 5.91 Å². The molecule has 2 aromatic carbocycles. The minimum atomic E-state index is -0.697. The lowest BCUT2D eigenvalue weighted by atomic mass is 10.1. The average Bonchev–Trinajstić information content (AvgIpc) is 2.61. The minimum absolute atomic E-state index is 0.0101. The maximum absolute atomic E-state index is 13.6. The monoisotopic (exact) mass is 326 g/mol. The molecule has 122 valence electrons. The normalized spacial score (nSPS) is 10.7. The predicted octanol–water partition coefficient (Wildman–Crippen LogP) is 3.39. The van der Waals surface area contributed by atoms with E-state index in [4.69, 9.17) is 9.47 Å². The molecule has 6 heteroatoms. The standard InChI is InChI=1S/C18H15FN2O3/c1-23-16-8-7-12(10-17(16)24-2)9-13(11-20)18(22)21-15-6-4-3-5-14(15)19/h3-10H,1-2H3,(H,21,22). The largest absolute Gasteiger partial charge is 0.493 e. The second kappa shape index (κ2) is 7.79. The second-order valence-corrected chi connectivity index (χ2v) is 4.72. The molecule has 0 heterocycles. The molecule has 0 atom stereocenters. The van der Waals surface area contributed by atoms with Crippen molar-refractivity contribution in [3.8, 4) is 17.6 Å². The molecule has 0 aliphatic carbocycles.